The van der Waals surface area contributed by atoms with Crippen LogP contribution in [0, 0.1) is 6.92 Å². The number of halogens is 2. The van der Waals surface area contributed by atoms with Crippen molar-refractivity contribution in [2.75, 3.05) is 5.32 Å². The zero-order valence-corrected chi connectivity index (χ0v) is 13.2. The number of benzene rings is 1. The van der Waals surface area contributed by atoms with Gasteiger partial charge in [0.1, 0.15) is 4.88 Å². The molecule has 2 aromatic rings. The van der Waals surface area contributed by atoms with Gasteiger partial charge in [0, 0.05) is 21.6 Å². The van der Waals surface area contributed by atoms with E-state index < -0.39 is 5.97 Å². The fourth-order valence-corrected chi connectivity index (χ4v) is 2.91. The minimum Gasteiger partial charge on any atom is -0.477 e. The summed E-state index contributed by atoms with van der Waals surface area (Å²) >= 11 is 10.6. The standard InChI is InChI=1S/C13H11BrClNO2S/c1-7-8(4-12(19-7)13(17)18)6-16-9-2-3-10(14)11(15)5-9/h2-5,16H,6H2,1H3,(H,17,18). The second kappa shape index (κ2) is 5.94. The molecule has 0 aliphatic rings. The van der Waals surface area contributed by atoms with Crippen molar-refractivity contribution in [3.63, 3.8) is 0 Å². The van der Waals surface area contributed by atoms with Gasteiger partial charge >= 0.3 is 5.97 Å². The Morgan fingerprint density at radius 2 is 2.21 bits per heavy atom. The van der Waals surface area contributed by atoms with Gasteiger partial charge in [0.2, 0.25) is 0 Å². The van der Waals surface area contributed by atoms with Crippen LogP contribution in [0.4, 0.5) is 5.69 Å². The molecule has 0 aliphatic carbocycles. The molecule has 1 aromatic heterocycles. The molecule has 0 spiro atoms. The van der Waals surface area contributed by atoms with Gasteiger partial charge in [-0.15, -0.1) is 11.3 Å². The van der Waals surface area contributed by atoms with E-state index in [1.54, 1.807) is 6.07 Å². The predicted octanol–water partition coefficient (Wildman–Crippen LogP) is 4.78. The van der Waals surface area contributed by atoms with Crippen LogP contribution in [-0.2, 0) is 6.54 Å². The Balaban J connectivity index is 2.09. The summed E-state index contributed by atoms with van der Waals surface area (Å²) in [6.07, 6.45) is 0. The van der Waals surface area contributed by atoms with E-state index in [1.165, 1.54) is 11.3 Å². The Morgan fingerprint density at radius 1 is 1.47 bits per heavy atom. The van der Waals surface area contributed by atoms with Crippen molar-refractivity contribution in [3.8, 4) is 0 Å². The molecule has 100 valence electrons. The molecule has 0 amide bonds. The number of aryl methyl sites for hydroxylation is 1. The second-order valence-electron chi connectivity index (χ2n) is 3.98. The predicted molar refractivity (Wildman–Crippen MR) is 82.5 cm³/mol. The lowest BCUT2D eigenvalue weighted by Crippen LogP contribution is -1.99. The maximum absolute atomic E-state index is 10.9. The van der Waals surface area contributed by atoms with Crippen molar-refractivity contribution < 1.29 is 9.90 Å². The fourth-order valence-electron chi connectivity index (χ4n) is 1.60. The smallest absolute Gasteiger partial charge is 0.345 e. The highest BCUT2D eigenvalue weighted by Crippen LogP contribution is 2.27. The zero-order valence-electron chi connectivity index (χ0n) is 10.0. The molecule has 19 heavy (non-hydrogen) atoms. The topological polar surface area (TPSA) is 49.3 Å². The number of aromatic carboxylic acids is 1. The first-order valence-corrected chi connectivity index (χ1v) is 7.47. The van der Waals surface area contributed by atoms with Gasteiger partial charge in [0.05, 0.1) is 5.02 Å². The van der Waals surface area contributed by atoms with E-state index in [2.05, 4.69) is 21.2 Å². The molecule has 0 saturated heterocycles. The molecule has 1 aromatic carbocycles. The Hall–Kier alpha value is -1.04. The van der Waals surface area contributed by atoms with Crippen molar-refractivity contribution in [1.29, 1.82) is 0 Å². The van der Waals surface area contributed by atoms with Crippen molar-refractivity contribution in [2.45, 2.75) is 13.5 Å². The summed E-state index contributed by atoms with van der Waals surface area (Å²) in [4.78, 5) is 12.3. The highest BCUT2D eigenvalue weighted by molar-refractivity contribution is 9.10. The summed E-state index contributed by atoms with van der Waals surface area (Å²) in [5.74, 6) is -0.883. The molecule has 1 heterocycles. The molecular formula is C13H11BrClNO2S. The van der Waals surface area contributed by atoms with Gasteiger partial charge in [0.15, 0.2) is 0 Å². The van der Waals surface area contributed by atoms with Gasteiger partial charge in [-0.2, -0.15) is 0 Å². The molecule has 6 heteroatoms. The molecule has 3 nitrogen and oxygen atoms in total. The average molecular weight is 361 g/mol. The summed E-state index contributed by atoms with van der Waals surface area (Å²) in [5, 5.41) is 12.8. The normalized spacial score (nSPS) is 10.5. The summed E-state index contributed by atoms with van der Waals surface area (Å²) in [7, 11) is 0. The van der Waals surface area contributed by atoms with Crippen molar-refractivity contribution in [1.82, 2.24) is 0 Å². The van der Waals surface area contributed by atoms with Crippen LogP contribution in [0.3, 0.4) is 0 Å². The molecule has 0 saturated carbocycles. The summed E-state index contributed by atoms with van der Waals surface area (Å²) in [6.45, 7) is 2.50. The fraction of sp³-hybridized carbons (Fsp3) is 0.154. The number of nitrogens with one attached hydrogen (secondary N) is 1. The van der Waals surface area contributed by atoms with Gasteiger partial charge in [0.25, 0.3) is 0 Å². The van der Waals surface area contributed by atoms with E-state index in [-0.39, 0.29) is 0 Å². The van der Waals surface area contributed by atoms with Crippen LogP contribution in [-0.4, -0.2) is 11.1 Å². The lowest BCUT2D eigenvalue weighted by molar-refractivity contribution is 0.0702. The van der Waals surface area contributed by atoms with Crippen LogP contribution in [0.1, 0.15) is 20.1 Å². The van der Waals surface area contributed by atoms with Crippen LogP contribution in [0.25, 0.3) is 0 Å². The van der Waals surface area contributed by atoms with Gasteiger partial charge < -0.3 is 10.4 Å². The molecule has 0 unspecified atom stereocenters. The summed E-state index contributed by atoms with van der Waals surface area (Å²) in [5.41, 5.74) is 1.89. The van der Waals surface area contributed by atoms with E-state index in [9.17, 15) is 4.79 Å². The largest absolute Gasteiger partial charge is 0.477 e. The molecule has 0 radical (unpaired) electrons. The lowest BCUT2D eigenvalue weighted by Gasteiger charge is -2.07. The first kappa shape index (κ1) is 14.4. The van der Waals surface area contributed by atoms with Gasteiger partial charge in [-0.05, 0) is 52.7 Å². The van der Waals surface area contributed by atoms with Gasteiger partial charge in [-0.3, -0.25) is 0 Å². The van der Waals surface area contributed by atoms with Crippen LogP contribution in [0.5, 0.6) is 0 Å². The van der Waals surface area contributed by atoms with Crippen LogP contribution in [0.15, 0.2) is 28.7 Å². The highest BCUT2D eigenvalue weighted by Gasteiger charge is 2.10. The first-order chi connectivity index (χ1) is 8.97. The van der Waals surface area contributed by atoms with Crippen molar-refractivity contribution in [3.05, 3.63) is 49.1 Å². The maximum atomic E-state index is 10.9. The van der Waals surface area contributed by atoms with E-state index >= 15 is 0 Å². The SMILES string of the molecule is Cc1sc(C(=O)O)cc1CNc1ccc(Br)c(Cl)c1. The minimum atomic E-state index is -0.883. The number of carboxylic acid groups (broad SMARTS) is 1. The number of hydrogen-bond donors (Lipinski definition) is 2. The maximum Gasteiger partial charge on any atom is 0.345 e. The minimum absolute atomic E-state index is 0.364. The number of anilines is 1. The third kappa shape index (κ3) is 3.49. The number of thiophene rings is 1. The zero-order chi connectivity index (χ0) is 14.0. The monoisotopic (exact) mass is 359 g/mol. The van der Waals surface area contributed by atoms with Crippen LogP contribution < -0.4 is 5.32 Å². The molecular weight excluding hydrogens is 350 g/mol. The number of hydrogen-bond acceptors (Lipinski definition) is 3. The van der Waals surface area contributed by atoms with E-state index in [0.717, 1.165) is 20.6 Å². The second-order valence-corrected chi connectivity index (χ2v) is 6.50. The van der Waals surface area contributed by atoms with Crippen LogP contribution >= 0.6 is 38.9 Å². The van der Waals surface area contributed by atoms with E-state index in [4.69, 9.17) is 16.7 Å². The molecule has 2 N–H and O–H groups in total. The Kier molecular flexibility index (Phi) is 4.50. The number of rotatable bonds is 4. The summed E-state index contributed by atoms with van der Waals surface area (Å²) in [6, 6.07) is 7.31. The molecule has 0 aliphatic heterocycles. The lowest BCUT2D eigenvalue weighted by atomic mass is 10.2. The highest BCUT2D eigenvalue weighted by atomic mass is 79.9. The molecule has 0 bridgehead atoms. The molecule has 2 rings (SSSR count). The third-order valence-electron chi connectivity index (χ3n) is 2.63. The Bertz CT molecular complexity index is 627. The van der Waals surface area contributed by atoms with Crippen molar-refractivity contribution >= 4 is 50.5 Å². The number of carboxylic acids is 1. The molecule has 0 atom stereocenters. The van der Waals surface area contributed by atoms with E-state index in [0.29, 0.717) is 16.4 Å². The Labute approximate surface area is 128 Å². The molecule has 0 fully saturated rings. The number of carbonyl (C=O) groups is 1. The first-order valence-electron chi connectivity index (χ1n) is 5.49. The van der Waals surface area contributed by atoms with E-state index in [1.807, 2.05) is 25.1 Å². The quantitative estimate of drug-likeness (QED) is 0.824. The Morgan fingerprint density at radius 3 is 2.79 bits per heavy atom. The average Bonchev–Trinajstić information content (AvgIpc) is 2.73. The van der Waals surface area contributed by atoms with Gasteiger partial charge in [-0.1, -0.05) is 11.6 Å². The van der Waals surface area contributed by atoms with Crippen LogP contribution in [0.2, 0.25) is 5.02 Å². The summed E-state index contributed by atoms with van der Waals surface area (Å²) < 4.78 is 0.847. The van der Waals surface area contributed by atoms with Crippen molar-refractivity contribution in [2.24, 2.45) is 0 Å². The van der Waals surface area contributed by atoms with Gasteiger partial charge in [-0.25, -0.2) is 4.79 Å². The third-order valence-corrected chi connectivity index (χ3v) is 4.95.